The largest absolute Gasteiger partial charge is 0.491 e. The number of ketones is 1. The highest BCUT2D eigenvalue weighted by Gasteiger charge is 2.57. The molecule has 2 aromatic rings. The number of ether oxygens (including phenoxy) is 2. The summed E-state index contributed by atoms with van der Waals surface area (Å²) in [5, 5.41) is 0. The fourth-order valence-electron chi connectivity index (χ4n) is 6.69. The highest BCUT2D eigenvalue weighted by Crippen LogP contribution is 2.59. The Bertz CT molecular complexity index is 998. The number of aldehydes is 1. The van der Waals surface area contributed by atoms with Crippen molar-refractivity contribution in [2.75, 3.05) is 20.3 Å². The molecule has 4 atom stereocenters. The van der Waals surface area contributed by atoms with E-state index in [0.717, 1.165) is 44.1 Å². The molecule has 0 bridgehead atoms. The van der Waals surface area contributed by atoms with E-state index in [1.807, 2.05) is 6.07 Å². The van der Waals surface area contributed by atoms with Crippen LogP contribution in [0.3, 0.4) is 0 Å². The van der Waals surface area contributed by atoms with Crippen LogP contribution in [-0.2, 0) is 27.2 Å². The molecule has 0 amide bonds. The van der Waals surface area contributed by atoms with Gasteiger partial charge in [0, 0.05) is 20.0 Å². The molecule has 4 nitrogen and oxygen atoms in total. The first kappa shape index (κ1) is 21.4. The van der Waals surface area contributed by atoms with Crippen LogP contribution in [0.1, 0.15) is 60.3 Å². The zero-order valence-electron chi connectivity index (χ0n) is 18.8. The van der Waals surface area contributed by atoms with Gasteiger partial charge in [0.05, 0.1) is 12.0 Å². The Hall–Kier alpha value is -2.46. The minimum Gasteiger partial charge on any atom is -0.491 e. The van der Waals surface area contributed by atoms with Gasteiger partial charge in [-0.15, -0.1) is 0 Å². The predicted molar refractivity (Wildman–Crippen MR) is 123 cm³/mol. The van der Waals surface area contributed by atoms with Crippen LogP contribution in [0.5, 0.6) is 5.75 Å². The van der Waals surface area contributed by atoms with E-state index in [1.54, 1.807) is 7.11 Å². The second-order valence-corrected chi connectivity index (χ2v) is 9.74. The standard InChI is InChI=1S/C28H32O4/c1-31-13-14-32-26-17-24-20(16-21(26)15-19-5-3-2-4-6-19)7-8-23-22(24)11-12-28(18-29)25(23)9-10-27(28)30/h2-6,16-18,22-23,25H,7-15H2,1H3/t22-,23+,25-,28+/m0/s1. The SMILES string of the molecule is COCCOc1cc2c(cc1Cc1ccccc1)CC[C@@H]1[C@@H]2CC[C@]2(C=O)C(=O)CC[C@@H]12. The molecule has 0 radical (unpaired) electrons. The van der Waals surface area contributed by atoms with Gasteiger partial charge in [0.25, 0.3) is 0 Å². The van der Waals surface area contributed by atoms with Crippen molar-refractivity contribution in [2.45, 2.75) is 50.9 Å². The van der Waals surface area contributed by atoms with Crippen LogP contribution in [0, 0.1) is 17.3 Å². The molecule has 32 heavy (non-hydrogen) atoms. The summed E-state index contributed by atoms with van der Waals surface area (Å²) < 4.78 is 11.4. The van der Waals surface area contributed by atoms with E-state index in [9.17, 15) is 9.59 Å². The van der Waals surface area contributed by atoms with E-state index in [4.69, 9.17) is 9.47 Å². The summed E-state index contributed by atoms with van der Waals surface area (Å²) >= 11 is 0. The van der Waals surface area contributed by atoms with Gasteiger partial charge in [0.2, 0.25) is 0 Å². The van der Waals surface area contributed by atoms with Crippen LogP contribution in [0.25, 0.3) is 0 Å². The molecule has 0 unspecified atom stereocenters. The van der Waals surface area contributed by atoms with Crippen molar-refractivity contribution < 1.29 is 19.1 Å². The molecule has 0 aliphatic heterocycles. The Kier molecular flexibility index (Phi) is 5.90. The van der Waals surface area contributed by atoms with Crippen LogP contribution in [0.4, 0.5) is 0 Å². The molecule has 0 spiro atoms. The van der Waals surface area contributed by atoms with Gasteiger partial charge in [-0.05, 0) is 78.2 Å². The molecule has 3 aliphatic rings. The normalized spacial score (nSPS) is 28.5. The molecule has 168 valence electrons. The molecule has 2 saturated carbocycles. The maximum atomic E-state index is 12.6. The number of Topliss-reactive ketones (excluding diaryl/α,β-unsaturated/α-hetero) is 1. The third-order valence-electron chi connectivity index (χ3n) is 8.23. The van der Waals surface area contributed by atoms with E-state index in [-0.39, 0.29) is 11.7 Å². The number of hydrogen-bond donors (Lipinski definition) is 0. The fourth-order valence-corrected chi connectivity index (χ4v) is 6.69. The number of carbonyl (C=O) groups excluding carboxylic acids is 2. The molecular formula is C28H32O4. The molecule has 0 N–H and O–H groups in total. The number of benzene rings is 2. The first-order valence-corrected chi connectivity index (χ1v) is 12.0. The first-order valence-electron chi connectivity index (χ1n) is 12.0. The Morgan fingerprint density at radius 2 is 1.91 bits per heavy atom. The van der Waals surface area contributed by atoms with Crippen LogP contribution in [-0.4, -0.2) is 32.4 Å². The van der Waals surface area contributed by atoms with E-state index in [2.05, 4.69) is 36.4 Å². The van der Waals surface area contributed by atoms with Gasteiger partial charge < -0.3 is 14.3 Å². The van der Waals surface area contributed by atoms with Crippen molar-refractivity contribution in [3.05, 3.63) is 64.7 Å². The summed E-state index contributed by atoms with van der Waals surface area (Å²) in [4.78, 5) is 24.7. The number of aryl methyl sites for hydroxylation is 1. The van der Waals surface area contributed by atoms with Crippen molar-refractivity contribution in [1.29, 1.82) is 0 Å². The maximum absolute atomic E-state index is 12.6. The van der Waals surface area contributed by atoms with Crippen molar-refractivity contribution in [1.82, 2.24) is 0 Å². The van der Waals surface area contributed by atoms with Crippen LogP contribution >= 0.6 is 0 Å². The minimum absolute atomic E-state index is 0.184. The molecular weight excluding hydrogens is 400 g/mol. The number of rotatable bonds is 7. The smallest absolute Gasteiger partial charge is 0.146 e. The lowest BCUT2D eigenvalue weighted by Crippen LogP contribution is -2.45. The summed E-state index contributed by atoms with van der Waals surface area (Å²) in [5.41, 5.74) is 4.58. The number of carbonyl (C=O) groups is 2. The fraction of sp³-hybridized carbons (Fsp3) is 0.500. The quantitative estimate of drug-likeness (QED) is 0.355. The van der Waals surface area contributed by atoms with Crippen molar-refractivity contribution in [3.63, 3.8) is 0 Å². The molecule has 0 aromatic heterocycles. The number of fused-ring (bicyclic) bond motifs is 5. The van der Waals surface area contributed by atoms with Gasteiger partial charge in [-0.25, -0.2) is 0 Å². The van der Waals surface area contributed by atoms with Crippen LogP contribution in [0.15, 0.2) is 42.5 Å². The average molecular weight is 433 g/mol. The van der Waals surface area contributed by atoms with E-state index in [1.165, 1.54) is 22.3 Å². The second kappa shape index (κ2) is 8.82. The molecule has 3 aliphatic carbocycles. The monoisotopic (exact) mass is 432 g/mol. The Labute approximate surface area is 190 Å². The van der Waals surface area contributed by atoms with Gasteiger partial charge in [0.15, 0.2) is 0 Å². The second-order valence-electron chi connectivity index (χ2n) is 9.74. The van der Waals surface area contributed by atoms with Crippen molar-refractivity contribution in [2.24, 2.45) is 17.3 Å². The van der Waals surface area contributed by atoms with E-state index >= 15 is 0 Å². The third-order valence-corrected chi connectivity index (χ3v) is 8.23. The van der Waals surface area contributed by atoms with Gasteiger partial charge in [-0.1, -0.05) is 36.4 Å². The first-order chi connectivity index (χ1) is 15.7. The zero-order valence-corrected chi connectivity index (χ0v) is 18.8. The summed E-state index contributed by atoms with van der Waals surface area (Å²) in [6, 6.07) is 15.1. The molecule has 4 heteroatoms. The summed E-state index contributed by atoms with van der Waals surface area (Å²) in [6.45, 7) is 1.08. The Morgan fingerprint density at radius 1 is 1.06 bits per heavy atom. The lowest BCUT2D eigenvalue weighted by molar-refractivity contribution is -0.138. The van der Waals surface area contributed by atoms with Crippen LogP contribution < -0.4 is 4.74 Å². The van der Waals surface area contributed by atoms with Gasteiger partial charge in [0.1, 0.15) is 24.4 Å². The number of hydrogen-bond acceptors (Lipinski definition) is 4. The van der Waals surface area contributed by atoms with Gasteiger partial charge >= 0.3 is 0 Å². The lowest BCUT2D eigenvalue weighted by atomic mass is 9.55. The average Bonchev–Trinajstić information content (AvgIpc) is 3.17. The van der Waals surface area contributed by atoms with Gasteiger partial charge in [-0.3, -0.25) is 4.79 Å². The summed E-state index contributed by atoms with van der Waals surface area (Å²) in [7, 11) is 1.69. The number of methoxy groups -OCH3 is 1. The highest BCUT2D eigenvalue weighted by molar-refractivity contribution is 6.00. The Balaban J connectivity index is 1.48. The van der Waals surface area contributed by atoms with Gasteiger partial charge in [-0.2, -0.15) is 0 Å². The zero-order chi connectivity index (χ0) is 22.1. The molecule has 0 saturated heterocycles. The lowest BCUT2D eigenvalue weighted by Gasteiger charge is -2.47. The van der Waals surface area contributed by atoms with Crippen LogP contribution in [0.2, 0.25) is 0 Å². The topological polar surface area (TPSA) is 52.6 Å². The molecule has 5 rings (SSSR count). The molecule has 2 aromatic carbocycles. The molecule has 0 heterocycles. The van der Waals surface area contributed by atoms with Crippen molar-refractivity contribution in [3.8, 4) is 5.75 Å². The summed E-state index contributed by atoms with van der Waals surface area (Å²) in [5.74, 6) is 2.17. The van der Waals surface area contributed by atoms with E-state index in [0.29, 0.717) is 37.9 Å². The maximum Gasteiger partial charge on any atom is 0.146 e. The predicted octanol–water partition coefficient (Wildman–Crippen LogP) is 4.91. The highest BCUT2D eigenvalue weighted by atomic mass is 16.5. The van der Waals surface area contributed by atoms with Crippen molar-refractivity contribution >= 4 is 12.1 Å². The Morgan fingerprint density at radius 3 is 2.69 bits per heavy atom. The van der Waals surface area contributed by atoms with E-state index < -0.39 is 5.41 Å². The third kappa shape index (κ3) is 3.59. The minimum atomic E-state index is -0.705. The summed E-state index contributed by atoms with van der Waals surface area (Å²) in [6.07, 6.45) is 6.98. The molecule has 2 fully saturated rings.